The monoisotopic (exact) mass is 447 g/mol. The van der Waals surface area contributed by atoms with Crippen LogP contribution in [0.3, 0.4) is 0 Å². The molecule has 6 nitrogen and oxygen atoms in total. The van der Waals surface area contributed by atoms with Gasteiger partial charge in [-0.3, -0.25) is 9.79 Å². The van der Waals surface area contributed by atoms with Crippen LogP contribution >= 0.6 is 0 Å². The fourth-order valence-electron chi connectivity index (χ4n) is 4.83. The molecule has 6 heteroatoms. The second-order valence-corrected chi connectivity index (χ2v) is 9.25. The number of amides is 1. The van der Waals surface area contributed by atoms with Crippen LogP contribution < -0.4 is 20.9 Å². The Hall–Kier alpha value is -3.02. The molecule has 0 aromatic heterocycles. The van der Waals surface area contributed by atoms with Crippen LogP contribution in [-0.2, 0) is 11.3 Å². The lowest BCUT2D eigenvalue weighted by atomic mass is 10.1. The second-order valence-electron chi connectivity index (χ2n) is 9.25. The summed E-state index contributed by atoms with van der Waals surface area (Å²) in [6.07, 6.45) is 6.90. The van der Waals surface area contributed by atoms with E-state index in [1.54, 1.807) is 7.05 Å². The van der Waals surface area contributed by atoms with Crippen molar-refractivity contribution < 1.29 is 4.79 Å². The van der Waals surface area contributed by atoms with Crippen LogP contribution in [0.5, 0.6) is 0 Å². The number of aliphatic imine (C=N–C) groups is 1. The number of benzene rings is 2. The molecule has 0 spiro atoms. The van der Waals surface area contributed by atoms with Crippen LogP contribution in [-0.4, -0.2) is 32.0 Å². The minimum absolute atomic E-state index is 0.135. The van der Waals surface area contributed by atoms with Gasteiger partial charge in [0.2, 0.25) is 5.91 Å². The maximum atomic E-state index is 12.4. The third-order valence-electron chi connectivity index (χ3n) is 6.80. The summed E-state index contributed by atoms with van der Waals surface area (Å²) in [7, 11) is 1.79. The van der Waals surface area contributed by atoms with Crippen molar-refractivity contribution in [2.24, 2.45) is 10.9 Å². The Bertz CT molecular complexity index is 960. The molecule has 1 heterocycles. The summed E-state index contributed by atoms with van der Waals surface area (Å²) < 4.78 is 0. The van der Waals surface area contributed by atoms with Gasteiger partial charge >= 0.3 is 0 Å². The Balaban J connectivity index is 1.31. The fraction of sp³-hybridized carbons (Fsp3) is 0.481. The number of guanidine groups is 1. The summed E-state index contributed by atoms with van der Waals surface area (Å²) in [6, 6.07) is 17.0. The first-order valence-corrected chi connectivity index (χ1v) is 12.3. The standard InChI is InChI=1S/C27H37N5O/c1-20(23-12-8-14-25(18-23)32-15-5-6-16-32)30-27(28-2)29-19-21-9-7-13-24(17-21)31-26(33)22-10-3-4-11-22/h7-9,12-14,17-18,20,22H,3-6,10-11,15-16,19H2,1-2H3,(H,31,33)(H2,28,29,30). The summed E-state index contributed by atoms with van der Waals surface area (Å²) in [5.74, 6) is 1.08. The molecule has 1 atom stereocenters. The lowest BCUT2D eigenvalue weighted by Gasteiger charge is -2.22. The van der Waals surface area contributed by atoms with Gasteiger partial charge in [-0.2, -0.15) is 0 Å². The molecule has 2 fully saturated rings. The molecule has 4 rings (SSSR count). The number of carbonyl (C=O) groups excluding carboxylic acids is 1. The number of anilines is 2. The van der Waals surface area contributed by atoms with Crippen molar-refractivity contribution >= 4 is 23.2 Å². The van der Waals surface area contributed by atoms with E-state index in [1.807, 2.05) is 18.2 Å². The highest BCUT2D eigenvalue weighted by atomic mass is 16.1. The summed E-state index contributed by atoms with van der Waals surface area (Å²) in [5, 5.41) is 10.0. The summed E-state index contributed by atoms with van der Waals surface area (Å²) in [6.45, 7) is 5.09. The number of hydrogen-bond acceptors (Lipinski definition) is 3. The van der Waals surface area contributed by atoms with Crippen LogP contribution in [0.4, 0.5) is 11.4 Å². The molecule has 0 bridgehead atoms. The van der Waals surface area contributed by atoms with Crippen molar-refractivity contribution in [1.29, 1.82) is 0 Å². The number of hydrogen-bond donors (Lipinski definition) is 3. The van der Waals surface area contributed by atoms with E-state index < -0.39 is 0 Å². The van der Waals surface area contributed by atoms with E-state index in [9.17, 15) is 4.79 Å². The quantitative estimate of drug-likeness (QED) is 0.420. The van der Waals surface area contributed by atoms with E-state index in [0.29, 0.717) is 6.54 Å². The van der Waals surface area contributed by atoms with Crippen molar-refractivity contribution in [2.75, 3.05) is 30.4 Å². The van der Waals surface area contributed by atoms with Gasteiger partial charge in [-0.1, -0.05) is 37.1 Å². The molecule has 1 saturated heterocycles. The van der Waals surface area contributed by atoms with Crippen molar-refractivity contribution in [3.05, 3.63) is 59.7 Å². The highest BCUT2D eigenvalue weighted by Gasteiger charge is 2.22. The van der Waals surface area contributed by atoms with Gasteiger partial charge in [0.1, 0.15) is 0 Å². The zero-order valence-corrected chi connectivity index (χ0v) is 19.9. The molecule has 176 valence electrons. The SMILES string of the molecule is CN=C(NCc1cccc(NC(=O)C2CCCC2)c1)NC(C)c1cccc(N2CCCC2)c1. The van der Waals surface area contributed by atoms with Crippen LogP contribution in [0.15, 0.2) is 53.5 Å². The van der Waals surface area contributed by atoms with Crippen molar-refractivity contribution in [3.8, 4) is 0 Å². The van der Waals surface area contributed by atoms with Gasteiger partial charge in [0.15, 0.2) is 5.96 Å². The largest absolute Gasteiger partial charge is 0.372 e. The summed E-state index contributed by atoms with van der Waals surface area (Å²) in [5.41, 5.74) is 4.52. The summed E-state index contributed by atoms with van der Waals surface area (Å²) >= 11 is 0. The van der Waals surface area contributed by atoms with Gasteiger partial charge in [0.25, 0.3) is 0 Å². The highest BCUT2D eigenvalue weighted by molar-refractivity contribution is 5.92. The van der Waals surface area contributed by atoms with Gasteiger partial charge in [0, 0.05) is 44.0 Å². The zero-order chi connectivity index (χ0) is 23.0. The first kappa shape index (κ1) is 23.1. The van der Waals surface area contributed by atoms with E-state index >= 15 is 0 Å². The Morgan fingerprint density at radius 1 is 1.06 bits per heavy atom. The lowest BCUT2D eigenvalue weighted by Crippen LogP contribution is -2.38. The average Bonchev–Trinajstić information content (AvgIpc) is 3.57. The minimum Gasteiger partial charge on any atom is -0.372 e. The van der Waals surface area contributed by atoms with Gasteiger partial charge in [0.05, 0.1) is 6.04 Å². The third-order valence-corrected chi connectivity index (χ3v) is 6.80. The van der Waals surface area contributed by atoms with Gasteiger partial charge in [-0.05, 0) is 68.0 Å². The van der Waals surface area contributed by atoms with E-state index in [2.05, 4.69) is 63.1 Å². The van der Waals surface area contributed by atoms with Crippen LogP contribution in [0, 0.1) is 5.92 Å². The molecule has 1 amide bonds. The van der Waals surface area contributed by atoms with E-state index in [-0.39, 0.29) is 17.9 Å². The molecule has 2 aromatic rings. The van der Waals surface area contributed by atoms with E-state index in [1.165, 1.54) is 24.1 Å². The maximum absolute atomic E-state index is 12.4. The van der Waals surface area contributed by atoms with Crippen LogP contribution in [0.2, 0.25) is 0 Å². The van der Waals surface area contributed by atoms with Crippen molar-refractivity contribution in [1.82, 2.24) is 10.6 Å². The molecule has 2 aromatic carbocycles. The summed E-state index contributed by atoms with van der Waals surface area (Å²) in [4.78, 5) is 19.3. The van der Waals surface area contributed by atoms with Gasteiger partial charge < -0.3 is 20.9 Å². The highest BCUT2D eigenvalue weighted by Crippen LogP contribution is 2.26. The number of rotatable bonds is 7. The van der Waals surface area contributed by atoms with Crippen molar-refractivity contribution in [2.45, 2.75) is 58.0 Å². The molecule has 1 unspecified atom stereocenters. The third kappa shape index (κ3) is 6.28. The van der Waals surface area contributed by atoms with Crippen LogP contribution in [0.25, 0.3) is 0 Å². The molecule has 2 aliphatic rings. The van der Waals surface area contributed by atoms with Gasteiger partial charge in [-0.25, -0.2) is 0 Å². The Morgan fingerprint density at radius 2 is 1.82 bits per heavy atom. The molecular formula is C27H37N5O. The molecular weight excluding hydrogens is 410 g/mol. The first-order valence-electron chi connectivity index (χ1n) is 12.3. The van der Waals surface area contributed by atoms with Crippen LogP contribution in [0.1, 0.15) is 62.6 Å². The lowest BCUT2D eigenvalue weighted by molar-refractivity contribution is -0.119. The minimum atomic E-state index is 0.135. The molecule has 1 saturated carbocycles. The van der Waals surface area contributed by atoms with E-state index in [0.717, 1.165) is 56.0 Å². The zero-order valence-electron chi connectivity index (χ0n) is 19.9. The smallest absolute Gasteiger partial charge is 0.227 e. The Morgan fingerprint density at radius 3 is 2.58 bits per heavy atom. The average molecular weight is 448 g/mol. The molecule has 1 aliphatic carbocycles. The molecule has 33 heavy (non-hydrogen) atoms. The fourth-order valence-corrected chi connectivity index (χ4v) is 4.83. The Labute approximate surface area is 197 Å². The number of carbonyl (C=O) groups is 1. The first-order chi connectivity index (χ1) is 16.1. The molecule has 3 N–H and O–H groups in total. The predicted octanol–water partition coefficient (Wildman–Crippen LogP) is 4.84. The van der Waals surface area contributed by atoms with Gasteiger partial charge in [-0.15, -0.1) is 0 Å². The normalized spacial score (nSPS) is 17.8. The molecule has 1 aliphatic heterocycles. The van der Waals surface area contributed by atoms with E-state index in [4.69, 9.17) is 0 Å². The van der Waals surface area contributed by atoms with Crippen molar-refractivity contribution in [3.63, 3.8) is 0 Å². The molecule has 0 radical (unpaired) electrons. The second kappa shape index (κ2) is 11.2. The topological polar surface area (TPSA) is 68.8 Å². The number of nitrogens with one attached hydrogen (secondary N) is 3. The number of nitrogens with zero attached hydrogens (tertiary/aromatic N) is 2. The Kier molecular flexibility index (Phi) is 7.87. The predicted molar refractivity (Wildman–Crippen MR) is 137 cm³/mol. The maximum Gasteiger partial charge on any atom is 0.227 e.